The third kappa shape index (κ3) is 2.90. The summed E-state index contributed by atoms with van der Waals surface area (Å²) < 4.78 is 9.26. The predicted molar refractivity (Wildman–Crippen MR) is 114 cm³/mol. The van der Waals surface area contributed by atoms with Crippen LogP contribution in [0.25, 0.3) is 27.2 Å². The number of nitrogens with zero attached hydrogens (tertiary/aromatic N) is 4. The van der Waals surface area contributed by atoms with E-state index in [1.54, 1.807) is 23.1 Å². The van der Waals surface area contributed by atoms with Gasteiger partial charge < -0.3 is 4.42 Å². The Labute approximate surface area is 174 Å². The largest absolute Gasteiger partial charge is 0.441 e. The van der Waals surface area contributed by atoms with Crippen molar-refractivity contribution in [1.29, 1.82) is 0 Å². The Kier molecular flexibility index (Phi) is 4.38. The van der Waals surface area contributed by atoms with Gasteiger partial charge in [0.2, 0.25) is 5.89 Å². The van der Waals surface area contributed by atoms with Gasteiger partial charge in [0.15, 0.2) is 0 Å². The van der Waals surface area contributed by atoms with E-state index in [0.717, 1.165) is 33.4 Å². The normalized spacial score (nSPS) is 11.7. The minimum absolute atomic E-state index is 0.544. The molecule has 0 spiro atoms. The number of thiophene rings is 1. The first-order valence-electron chi connectivity index (χ1n) is 8.68. The van der Waals surface area contributed by atoms with Crippen molar-refractivity contribution in [3.05, 3.63) is 64.1 Å². The van der Waals surface area contributed by atoms with E-state index in [1.165, 1.54) is 10.2 Å². The van der Waals surface area contributed by atoms with E-state index in [-0.39, 0.29) is 0 Å². The molecule has 5 rings (SSSR count). The Balaban J connectivity index is 1.47. The number of hydrogen-bond donors (Lipinski definition) is 0. The molecule has 1 aromatic carbocycles. The average molecular weight is 427 g/mol. The summed E-state index contributed by atoms with van der Waals surface area (Å²) in [5, 5.41) is 12.4. The summed E-state index contributed by atoms with van der Waals surface area (Å²) in [6.45, 7) is 3.90. The van der Waals surface area contributed by atoms with Gasteiger partial charge >= 0.3 is 0 Å². The van der Waals surface area contributed by atoms with Crippen LogP contribution in [0.3, 0.4) is 0 Å². The molecule has 140 valence electrons. The molecule has 0 amide bonds. The number of oxazole rings is 1. The lowest BCUT2D eigenvalue weighted by molar-refractivity contribution is 0.540. The Bertz CT molecular complexity index is 1320. The number of thioether (sulfide) groups is 1. The zero-order chi connectivity index (χ0) is 19.3. The fourth-order valence-electron chi connectivity index (χ4n) is 3.20. The number of fused-ring (bicyclic) bond motifs is 3. The van der Waals surface area contributed by atoms with Gasteiger partial charge in [-0.1, -0.05) is 35.5 Å². The predicted octanol–water partition coefficient (Wildman–Crippen LogP) is 6.16. The summed E-state index contributed by atoms with van der Waals surface area (Å²) in [6, 6.07) is 11.9. The first-order chi connectivity index (χ1) is 13.6. The Morgan fingerprint density at radius 3 is 2.86 bits per heavy atom. The molecule has 0 radical (unpaired) electrons. The van der Waals surface area contributed by atoms with Crippen molar-refractivity contribution in [2.75, 3.05) is 0 Å². The second kappa shape index (κ2) is 6.92. The van der Waals surface area contributed by atoms with Crippen molar-refractivity contribution in [2.45, 2.75) is 24.6 Å². The van der Waals surface area contributed by atoms with Crippen LogP contribution in [-0.2, 0) is 5.75 Å². The summed E-state index contributed by atoms with van der Waals surface area (Å²) in [7, 11) is 0. The minimum atomic E-state index is 0.544. The van der Waals surface area contributed by atoms with E-state index in [2.05, 4.69) is 37.1 Å². The molecule has 8 heteroatoms. The molecule has 0 aliphatic heterocycles. The summed E-state index contributed by atoms with van der Waals surface area (Å²) in [6.07, 6.45) is 0. The summed E-state index contributed by atoms with van der Waals surface area (Å²) in [5.41, 5.74) is 3.93. The fourth-order valence-corrected chi connectivity index (χ4v) is 5.15. The number of halogens is 1. The number of aromatic nitrogens is 4. The van der Waals surface area contributed by atoms with Crippen molar-refractivity contribution in [3.8, 4) is 11.5 Å². The summed E-state index contributed by atoms with van der Waals surface area (Å²) in [4.78, 5) is 4.66. The number of aryl methyl sites for hydroxylation is 2. The summed E-state index contributed by atoms with van der Waals surface area (Å²) >= 11 is 9.61. The lowest BCUT2D eigenvalue weighted by Gasteiger charge is -2.05. The molecular weight excluding hydrogens is 412 g/mol. The number of hydrogen-bond acceptors (Lipinski definition) is 6. The molecule has 0 unspecified atom stereocenters. The Hall–Kier alpha value is -2.35. The van der Waals surface area contributed by atoms with Gasteiger partial charge in [-0.05, 0) is 43.5 Å². The molecule has 0 aliphatic rings. The van der Waals surface area contributed by atoms with Gasteiger partial charge in [0.1, 0.15) is 16.6 Å². The molecule has 0 N–H and O–H groups in total. The maximum Gasteiger partial charge on any atom is 0.228 e. The first kappa shape index (κ1) is 17.7. The van der Waals surface area contributed by atoms with E-state index in [4.69, 9.17) is 16.0 Å². The Morgan fingerprint density at radius 2 is 2.00 bits per heavy atom. The number of rotatable bonds is 4. The van der Waals surface area contributed by atoms with Crippen LogP contribution in [0.4, 0.5) is 0 Å². The quantitative estimate of drug-likeness (QED) is 0.322. The van der Waals surface area contributed by atoms with Crippen LogP contribution in [0.5, 0.6) is 0 Å². The van der Waals surface area contributed by atoms with Gasteiger partial charge in [0.25, 0.3) is 0 Å². The van der Waals surface area contributed by atoms with E-state index < -0.39 is 0 Å². The smallest absolute Gasteiger partial charge is 0.228 e. The summed E-state index contributed by atoms with van der Waals surface area (Å²) in [5.74, 6) is 2.86. The van der Waals surface area contributed by atoms with Crippen LogP contribution >= 0.6 is 34.7 Å². The lowest BCUT2D eigenvalue weighted by Crippen LogP contribution is -2.00. The molecule has 0 bridgehead atoms. The molecular formula is C20H15ClN4OS2. The maximum atomic E-state index is 6.28. The van der Waals surface area contributed by atoms with Gasteiger partial charge in [-0.25, -0.2) is 4.98 Å². The SMILES string of the molecule is Cc1oc(-c2ccccc2Cl)nc1CSc1nnc(C)n2c1cc1sccc12. The van der Waals surface area contributed by atoms with Crippen molar-refractivity contribution >= 4 is 50.4 Å². The molecule has 0 saturated carbocycles. The molecule has 0 atom stereocenters. The van der Waals surface area contributed by atoms with Gasteiger partial charge in [-0.3, -0.25) is 4.40 Å². The van der Waals surface area contributed by atoms with Crippen LogP contribution in [0, 0.1) is 13.8 Å². The zero-order valence-corrected chi connectivity index (χ0v) is 17.5. The van der Waals surface area contributed by atoms with Crippen LogP contribution in [0.15, 0.2) is 51.2 Å². The highest BCUT2D eigenvalue weighted by Crippen LogP contribution is 2.34. The fraction of sp³-hybridized carbons (Fsp3) is 0.150. The van der Waals surface area contributed by atoms with Gasteiger partial charge in [-0.2, -0.15) is 0 Å². The van der Waals surface area contributed by atoms with E-state index >= 15 is 0 Å². The molecule has 0 fully saturated rings. The molecule has 5 nitrogen and oxygen atoms in total. The van der Waals surface area contributed by atoms with E-state index in [1.807, 2.05) is 38.1 Å². The molecule has 0 aliphatic carbocycles. The standard InChI is InChI=1S/C20H15ClN4OS2/c1-11-15(22-19(26-11)13-5-3-4-6-14(13)21)10-28-20-17-9-18-16(7-8-27-18)25(17)12(2)23-24-20/h3-9H,10H2,1-2H3. The highest BCUT2D eigenvalue weighted by molar-refractivity contribution is 7.98. The first-order valence-corrected chi connectivity index (χ1v) is 10.9. The Morgan fingerprint density at radius 1 is 1.14 bits per heavy atom. The van der Waals surface area contributed by atoms with Crippen molar-refractivity contribution in [3.63, 3.8) is 0 Å². The molecule has 4 aromatic heterocycles. The van der Waals surface area contributed by atoms with Crippen molar-refractivity contribution < 1.29 is 4.42 Å². The highest BCUT2D eigenvalue weighted by Gasteiger charge is 2.17. The second-order valence-corrected chi connectivity index (χ2v) is 8.70. The monoisotopic (exact) mass is 426 g/mol. The third-order valence-electron chi connectivity index (χ3n) is 4.59. The van der Waals surface area contributed by atoms with Crippen LogP contribution in [-0.4, -0.2) is 19.6 Å². The van der Waals surface area contributed by atoms with Crippen molar-refractivity contribution in [1.82, 2.24) is 19.6 Å². The van der Waals surface area contributed by atoms with Gasteiger partial charge in [-0.15, -0.1) is 21.5 Å². The van der Waals surface area contributed by atoms with E-state index in [9.17, 15) is 0 Å². The van der Waals surface area contributed by atoms with Crippen LogP contribution in [0.2, 0.25) is 5.02 Å². The zero-order valence-electron chi connectivity index (χ0n) is 15.1. The third-order valence-corrected chi connectivity index (χ3v) is 6.76. The van der Waals surface area contributed by atoms with E-state index in [0.29, 0.717) is 16.7 Å². The maximum absolute atomic E-state index is 6.28. The second-order valence-electron chi connectivity index (χ2n) is 6.38. The lowest BCUT2D eigenvalue weighted by atomic mass is 10.2. The molecule has 28 heavy (non-hydrogen) atoms. The van der Waals surface area contributed by atoms with Gasteiger partial charge in [0.05, 0.1) is 32.0 Å². The topological polar surface area (TPSA) is 56.2 Å². The molecule has 4 heterocycles. The minimum Gasteiger partial charge on any atom is -0.441 e. The average Bonchev–Trinajstić information content (AvgIpc) is 3.36. The number of benzene rings is 1. The highest BCUT2D eigenvalue weighted by atomic mass is 35.5. The molecule has 0 saturated heterocycles. The van der Waals surface area contributed by atoms with Gasteiger partial charge in [0, 0.05) is 5.75 Å². The van der Waals surface area contributed by atoms with Crippen LogP contribution in [0.1, 0.15) is 17.3 Å². The molecule has 5 aromatic rings. The van der Waals surface area contributed by atoms with Crippen LogP contribution < -0.4 is 0 Å². The van der Waals surface area contributed by atoms with Crippen molar-refractivity contribution in [2.24, 2.45) is 0 Å².